The van der Waals surface area contributed by atoms with Gasteiger partial charge in [-0.25, -0.2) is 4.98 Å². The molecule has 0 unspecified atom stereocenters. The maximum Gasteiger partial charge on any atom is 0.471 e. The average molecular weight is 340 g/mol. The highest BCUT2D eigenvalue weighted by Crippen LogP contribution is 2.19. The van der Waals surface area contributed by atoms with Crippen molar-refractivity contribution in [3.8, 4) is 11.8 Å². The van der Waals surface area contributed by atoms with Crippen LogP contribution in [0.15, 0.2) is 11.0 Å². The summed E-state index contributed by atoms with van der Waals surface area (Å²) in [5.74, 6) is 3.42. The van der Waals surface area contributed by atoms with E-state index in [1.54, 1.807) is 23.0 Å². The molecule has 6 nitrogen and oxygen atoms in total. The number of aryl methyl sites for hydroxylation is 1. The average Bonchev–Trinajstić information content (AvgIpc) is 2.81. The molecule has 0 spiro atoms. The van der Waals surface area contributed by atoms with Gasteiger partial charge < -0.3 is 14.9 Å². The molecule has 9 heteroatoms. The summed E-state index contributed by atoms with van der Waals surface area (Å²) in [6.07, 6.45) is -3.33. The van der Waals surface area contributed by atoms with E-state index >= 15 is 0 Å². The molecule has 0 saturated heterocycles. The van der Waals surface area contributed by atoms with Crippen molar-refractivity contribution >= 4 is 16.9 Å². The standard InChI is InChI=1S/C15H15F3N4O2/c1-8(2)22-7-10(5-4-6-19-14(24)15(16,17)18)11-12(22)20-9(3)21-13(11)23/h7-8H,6H2,1-3H3,(H,19,24)(H,20,21,23). The highest BCUT2D eigenvalue weighted by Gasteiger charge is 2.38. The van der Waals surface area contributed by atoms with Crippen LogP contribution in [0.1, 0.15) is 31.3 Å². The van der Waals surface area contributed by atoms with Crippen LogP contribution >= 0.6 is 0 Å². The molecule has 128 valence electrons. The van der Waals surface area contributed by atoms with Crippen molar-refractivity contribution in [3.63, 3.8) is 0 Å². The smallest absolute Gasteiger partial charge is 0.337 e. The number of H-pyrrole nitrogens is 1. The third-order valence-corrected chi connectivity index (χ3v) is 3.17. The number of nitrogens with zero attached hydrogens (tertiary/aromatic N) is 2. The van der Waals surface area contributed by atoms with Crippen LogP contribution in [-0.2, 0) is 4.79 Å². The Morgan fingerprint density at radius 1 is 1.46 bits per heavy atom. The van der Waals surface area contributed by atoms with Crippen molar-refractivity contribution < 1.29 is 18.0 Å². The van der Waals surface area contributed by atoms with E-state index in [2.05, 4.69) is 21.8 Å². The van der Waals surface area contributed by atoms with Crippen molar-refractivity contribution in [2.24, 2.45) is 0 Å². The van der Waals surface area contributed by atoms with E-state index in [4.69, 9.17) is 0 Å². The normalized spacial score (nSPS) is 11.5. The molecule has 0 aliphatic heterocycles. The molecule has 0 radical (unpaired) electrons. The van der Waals surface area contributed by atoms with E-state index in [1.165, 1.54) is 0 Å². The third kappa shape index (κ3) is 3.59. The van der Waals surface area contributed by atoms with Gasteiger partial charge in [0.15, 0.2) is 0 Å². The number of aromatic amines is 1. The van der Waals surface area contributed by atoms with Gasteiger partial charge in [-0.1, -0.05) is 11.8 Å². The molecule has 24 heavy (non-hydrogen) atoms. The minimum atomic E-state index is -4.95. The maximum atomic E-state index is 12.1. The molecule has 0 aromatic carbocycles. The van der Waals surface area contributed by atoms with E-state index in [1.807, 2.05) is 13.8 Å². The first-order valence-corrected chi connectivity index (χ1v) is 7.06. The minimum absolute atomic E-state index is 0.0154. The SMILES string of the molecule is Cc1nc2c(c(C#CCNC(=O)C(F)(F)F)cn2C(C)C)c(=O)[nH]1. The summed E-state index contributed by atoms with van der Waals surface area (Å²) in [7, 11) is 0. The Bertz CT molecular complexity index is 898. The number of amides is 1. The van der Waals surface area contributed by atoms with Crippen molar-refractivity contribution in [1.29, 1.82) is 0 Å². The van der Waals surface area contributed by atoms with Crippen molar-refractivity contribution in [3.05, 3.63) is 27.9 Å². The predicted octanol–water partition coefficient (Wildman–Crippen LogP) is 1.64. The lowest BCUT2D eigenvalue weighted by Crippen LogP contribution is -2.36. The number of hydrogen-bond donors (Lipinski definition) is 2. The van der Waals surface area contributed by atoms with E-state index in [0.29, 0.717) is 17.0 Å². The lowest BCUT2D eigenvalue weighted by Gasteiger charge is -2.07. The first kappa shape index (κ1) is 17.6. The molecule has 0 fully saturated rings. The molecule has 0 saturated carbocycles. The van der Waals surface area contributed by atoms with Gasteiger partial charge in [0.25, 0.3) is 5.56 Å². The molecule has 2 rings (SSSR count). The second-order valence-electron chi connectivity index (χ2n) is 5.38. The second-order valence-corrected chi connectivity index (χ2v) is 5.38. The van der Waals surface area contributed by atoms with Crippen LogP contribution in [0.25, 0.3) is 11.0 Å². The van der Waals surface area contributed by atoms with Crippen LogP contribution in [0.2, 0.25) is 0 Å². The van der Waals surface area contributed by atoms with Gasteiger partial charge in [0.2, 0.25) is 0 Å². The molecule has 0 aliphatic rings. The monoisotopic (exact) mass is 340 g/mol. The molecular weight excluding hydrogens is 325 g/mol. The van der Waals surface area contributed by atoms with Crippen molar-refractivity contribution in [1.82, 2.24) is 19.9 Å². The zero-order valence-corrected chi connectivity index (χ0v) is 13.2. The lowest BCUT2D eigenvalue weighted by atomic mass is 10.2. The Morgan fingerprint density at radius 2 is 2.12 bits per heavy atom. The van der Waals surface area contributed by atoms with Gasteiger partial charge >= 0.3 is 12.1 Å². The van der Waals surface area contributed by atoms with Gasteiger partial charge in [0, 0.05) is 12.2 Å². The molecule has 2 N–H and O–H groups in total. The van der Waals surface area contributed by atoms with Crippen LogP contribution in [0.5, 0.6) is 0 Å². The summed E-state index contributed by atoms with van der Waals surface area (Å²) in [4.78, 5) is 29.7. The molecule has 2 aromatic heterocycles. The summed E-state index contributed by atoms with van der Waals surface area (Å²) < 4.78 is 38.0. The molecular formula is C15H15F3N4O2. The summed E-state index contributed by atoms with van der Waals surface area (Å²) in [6, 6.07) is 0.0154. The topological polar surface area (TPSA) is 79.8 Å². The molecule has 0 bridgehead atoms. The number of nitrogens with one attached hydrogen (secondary N) is 2. The van der Waals surface area contributed by atoms with Crippen LogP contribution < -0.4 is 10.9 Å². The van der Waals surface area contributed by atoms with E-state index < -0.39 is 18.6 Å². The second kappa shape index (κ2) is 6.39. The van der Waals surface area contributed by atoms with Crippen LogP contribution in [0.3, 0.4) is 0 Å². The predicted molar refractivity (Wildman–Crippen MR) is 81.4 cm³/mol. The molecule has 0 atom stereocenters. The Kier molecular flexibility index (Phi) is 4.68. The zero-order chi connectivity index (χ0) is 18.1. The number of carbonyl (C=O) groups excluding carboxylic acids is 1. The minimum Gasteiger partial charge on any atom is -0.337 e. The number of hydrogen-bond acceptors (Lipinski definition) is 3. The van der Waals surface area contributed by atoms with Crippen molar-refractivity contribution in [2.75, 3.05) is 6.54 Å². The number of halogens is 3. The number of rotatable bonds is 2. The quantitative estimate of drug-likeness (QED) is 0.816. The first-order chi connectivity index (χ1) is 11.1. The zero-order valence-electron chi connectivity index (χ0n) is 13.2. The Labute approximate surface area is 135 Å². The fourth-order valence-corrected chi connectivity index (χ4v) is 2.12. The highest BCUT2D eigenvalue weighted by molar-refractivity contribution is 5.83. The van der Waals surface area contributed by atoms with Gasteiger partial charge in [0.1, 0.15) is 11.5 Å². The fraction of sp³-hybridized carbons (Fsp3) is 0.400. The molecule has 1 amide bonds. The summed E-state index contributed by atoms with van der Waals surface area (Å²) in [6.45, 7) is 4.97. The van der Waals surface area contributed by atoms with E-state index in [0.717, 1.165) is 0 Å². The van der Waals surface area contributed by atoms with Crippen LogP contribution in [-0.4, -0.2) is 33.2 Å². The summed E-state index contributed by atoms with van der Waals surface area (Å²) in [5, 5.41) is 1.92. The van der Waals surface area contributed by atoms with Gasteiger partial charge in [0.05, 0.1) is 17.5 Å². The third-order valence-electron chi connectivity index (χ3n) is 3.17. The maximum absolute atomic E-state index is 12.1. The molecule has 2 aromatic rings. The lowest BCUT2D eigenvalue weighted by molar-refractivity contribution is -0.173. The molecule has 0 aliphatic carbocycles. The van der Waals surface area contributed by atoms with Crippen LogP contribution in [0, 0.1) is 18.8 Å². The first-order valence-electron chi connectivity index (χ1n) is 7.06. The van der Waals surface area contributed by atoms with E-state index in [-0.39, 0.29) is 17.0 Å². The van der Waals surface area contributed by atoms with Crippen molar-refractivity contribution in [2.45, 2.75) is 33.0 Å². The highest BCUT2D eigenvalue weighted by atomic mass is 19.4. The largest absolute Gasteiger partial charge is 0.471 e. The Hall–Kier alpha value is -2.76. The summed E-state index contributed by atoms with van der Waals surface area (Å²) >= 11 is 0. The van der Waals surface area contributed by atoms with Gasteiger partial charge in [-0.15, -0.1) is 0 Å². The number of alkyl halides is 3. The van der Waals surface area contributed by atoms with Crippen LogP contribution in [0.4, 0.5) is 13.2 Å². The number of fused-ring (bicyclic) bond motifs is 1. The fourth-order valence-electron chi connectivity index (χ4n) is 2.12. The van der Waals surface area contributed by atoms with Gasteiger partial charge in [-0.2, -0.15) is 13.2 Å². The number of carbonyl (C=O) groups is 1. The Morgan fingerprint density at radius 3 is 2.71 bits per heavy atom. The Balaban J connectivity index is 2.36. The van der Waals surface area contributed by atoms with Gasteiger partial charge in [-0.05, 0) is 20.8 Å². The molecule has 2 heterocycles. The van der Waals surface area contributed by atoms with Gasteiger partial charge in [-0.3, -0.25) is 9.59 Å². The number of aromatic nitrogens is 3. The van der Waals surface area contributed by atoms with E-state index in [9.17, 15) is 22.8 Å². The summed E-state index contributed by atoms with van der Waals surface area (Å²) in [5.41, 5.74) is 0.420.